The SMILES string of the molecule is O=C(Nc1ccc(-c2nc3ccc(NCC(O)CO)cc3[nH]2)cc1)c1ccccc1. The molecule has 7 heteroatoms. The summed E-state index contributed by atoms with van der Waals surface area (Å²) in [6.07, 6.45) is -0.807. The van der Waals surface area contributed by atoms with E-state index in [1.54, 1.807) is 12.1 Å². The Kier molecular flexibility index (Phi) is 5.74. The van der Waals surface area contributed by atoms with Crippen molar-refractivity contribution in [2.45, 2.75) is 6.10 Å². The molecule has 152 valence electrons. The van der Waals surface area contributed by atoms with Crippen LogP contribution in [0.25, 0.3) is 22.4 Å². The van der Waals surface area contributed by atoms with Gasteiger partial charge in [-0.3, -0.25) is 4.79 Å². The number of nitrogens with one attached hydrogen (secondary N) is 3. The molecule has 0 spiro atoms. The lowest BCUT2D eigenvalue weighted by atomic mass is 10.1. The summed E-state index contributed by atoms with van der Waals surface area (Å²) in [5.74, 6) is 0.567. The molecular formula is C23H22N4O3. The molecule has 0 bridgehead atoms. The molecule has 0 saturated carbocycles. The topological polar surface area (TPSA) is 110 Å². The Morgan fingerprint density at radius 1 is 1.00 bits per heavy atom. The van der Waals surface area contributed by atoms with Crippen LogP contribution < -0.4 is 10.6 Å². The Bertz CT molecular complexity index is 1140. The fourth-order valence-electron chi connectivity index (χ4n) is 3.06. The van der Waals surface area contributed by atoms with Crippen molar-refractivity contribution in [2.24, 2.45) is 0 Å². The molecule has 1 amide bonds. The number of carbonyl (C=O) groups is 1. The largest absolute Gasteiger partial charge is 0.394 e. The zero-order chi connectivity index (χ0) is 20.9. The number of aliphatic hydroxyl groups excluding tert-OH is 2. The quantitative estimate of drug-likeness (QED) is 0.326. The van der Waals surface area contributed by atoms with E-state index in [-0.39, 0.29) is 19.1 Å². The van der Waals surface area contributed by atoms with Crippen molar-refractivity contribution < 1.29 is 15.0 Å². The molecule has 0 aliphatic heterocycles. The number of imidazole rings is 1. The minimum Gasteiger partial charge on any atom is -0.394 e. The molecule has 4 rings (SSSR count). The Morgan fingerprint density at radius 3 is 2.47 bits per heavy atom. The summed E-state index contributed by atoms with van der Waals surface area (Å²) in [5, 5.41) is 24.3. The van der Waals surface area contributed by atoms with Gasteiger partial charge in [-0.1, -0.05) is 18.2 Å². The molecule has 0 radical (unpaired) electrons. The van der Waals surface area contributed by atoms with E-state index in [4.69, 9.17) is 5.11 Å². The van der Waals surface area contributed by atoms with Crippen LogP contribution in [-0.2, 0) is 0 Å². The first-order chi connectivity index (χ1) is 14.6. The maximum absolute atomic E-state index is 12.3. The zero-order valence-electron chi connectivity index (χ0n) is 16.2. The average Bonchev–Trinajstić information content (AvgIpc) is 3.22. The third kappa shape index (κ3) is 4.48. The lowest BCUT2D eigenvalue weighted by Gasteiger charge is -2.09. The summed E-state index contributed by atoms with van der Waals surface area (Å²) in [5.41, 5.74) is 4.71. The molecule has 0 aliphatic rings. The van der Waals surface area contributed by atoms with Gasteiger partial charge in [0.05, 0.1) is 23.7 Å². The molecule has 0 saturated heterocycles. The number of nitrogens with zero attached hydrogens (tertiary/aromatic N) is 1. The number of benzene rings is 3. The van der Waals surface area contributed by atoms with Gasteiger partial charge in [-0.15, -0.1) is 0 Å². The summed E-state index contributed by atoms with van der Waals surface area (Å²) >= 11 is 0. The summed E-state index contributed by atoms with van der Waals surface area (Å²) in [4.78, 5) is 20.2. The smallest absolute Gasteiger partial charge is 0.255 e. The van der Waals surface area contributed by atoms with Crippen LogP contribution in [0.1, 0.15) is 10.4 Å². The number of fused-ring (bicyclic) bond motifs is 1. The lowest BCUT2D eigenvalue weighted by molar-refractivity contribution is 0.102. The fraction of sp³-hybridized carbons (Fsp3) is 0.130. The van der Waals surface area contributed by atoms with E-state index in [0.29, 0.717) is 11.3 Å². The number of amides is 1. The highest BCUT2D eigenvalue weighted by Crippen LogP contribution is 2.24. The average molecular weight is 402 g/mol. The molecule has 1 aromatic heterocycles. The molecule has 7 nitrogen and oxygen atoms in total. The highest BCUT2D eigenvalue weighted by molar-refractivity contribution is 6.04. The first-order valence-corrected chi connectivity index (χ1v) is 9.62. The van der Waals surface area contributed by atoms with Crippen LogP contribution >= 0.6 is 0 Å². The minimum absolute atomic E-state index is 0.154. The van der Waals surface area contributed by atoms with Crippen molar-refractivity contribution in [3.63, 3.8) is 0 Å². The van der Waals surface area contributed by atoms with Crippen molar-refractivity contribution in [1.82, 2.24) is 9.97 Å². The van der Waals surface area contributed by atoms with Gasteiger partial charge in [-0.2, -0.15) is 0 Å². The molecule has 0 aliphatic carbocycles. The van der Waals surface area contributed by atoms with E-state index in [0.717, 1.165) is 28.1 Å². The second kappa shape index (κ2) is 8.77. The van der Waals surface area contributed by atoms with E-state index < -0.39 is 6.10 Å². The third-order valence-electron chi connectivity index (χ3n) is 4.69. The molecule has 1 heterocycles. The van der Waals surface area contributed by atoms with Crippen molar-refractivity contribution in [3.8, 4) is 11.4 Å². The van der Waals surface area contributed by atoms with Crippen LogP contribution in [-0.4, -0.2) is 45.3 Å². The number of hydrogen-bond acceptors (Lipinski definition) is 5. The van der Waals surface area contributed by atoms with Crippen LogP contribution in [0.3, 0.4) is 0 Å². The number of H-pyrrole nitrogens is 1. The van der Waals surface area contributed by atoms with Gasteiger partial charge in [-0.05, 0) is 54.6 Å². The molecule has 1 atom stereocenters. The number of aliphatic hydroxyl groups is 2. The van der Waals surface area contributed by atoms with Crippen LogP contribution in [0.5, 0.6) is 0 Å². The molecular weight excluding hydrogens is 380 g/mol. The number of carbonyl (C=O) groups excluding carboxylic acids is 1. The predicted molar refractivity (Wildman–Crippen MR) is 118 cm³/mol. The Morgan fingerprint density at radius 2 is 1.73 bits per heavy atom. The van der Waals surface area contributed by atoms with Crippen molar-refractivity contribution in [1.29, 1.82) is 0 Å². The molecule has 3 aromatic carbocycles. The van der Waals surface area contributed by atoms with Gasteiger partial charge in [0.15, 0.2) is 0 Å². The fourth-order valence-corrected chi connectivity index (χ4v) is 3.06. The van der Waals surface area contributed by atoms with Crippen LogP contribution in [0.15, 0.2) is 72.8 Å². The third-order valence-corrected chi connectivity index (χ3v) is 4.69. The highest BCUT2D eigenvalue weighted by atomic mass is 16.3. The van der Waals surface area contributed by atoms with E-state index in [1.807, 2.05) is 60.7 Å². The van der Waals surface area contributed by atoms with Crippen LogP contribution in [0.2, 0.25) is 0 Å². The predicted octanol–water partition coefficient (Wildman–Crippen LogP) is 3.25. The van der Waals surface area contributed by atoms with Gasteiger partial charge in [0, 0.05) is 29.0 Å². The zero-order valence-corrected chi connectivity index (χ0v) is 16.2. The number of aromatic amines is 1. The molecule has 4 aromatic rings. The van der Waals surface area contributed by atoms with Crippen LogP contribution in [0.4, 0.5) is 11.4 Å². The second-order valence-electron chi connectivity index (χ2n) is 6.93. The Balaban J connectivity index is 1.47. The van der Waals surface area contributed by atoms with Gasteiger partial charge in [0.1, 0.15) is 5.82 Å². The summed E-state index contributed by atoms with van der Waals surface area (Å²) in [6, 6.07) is 22.2. The second-order valence-corrected chi connectivity index (χ2v) is 6.93. The first kappa shape index (κ1) is 19.6. The molecule has 5 N–H and O–H groups in total. The summed E-state index contributed by atoms with van der Waals surface area (Å²) in [7, 11) is 0. The molecule has 30 heavy (non-hydrogen) atoms. The summed E-state index contributed by atoms with van der Waals surface area (Å²) in [6.45, 7) is -0.0234. The number of anilines is 2. The minimum atomic E-state index is -0.807. The van der Waals surface area contributed by atoms with Gasteiger partial charge in [0.2, 0.25) is 0 Å². The van der Waals surface area contributed by atoms with Gasteiger partial charge in [-0.25, -0.2) is 4.98 Å². The monoisotopic (exact) mass is 402 g/mol. The number of aromatic nitrogens is 2. The molecule has 0 fully saturated rings. The maximum Gasteiger partial charge on any atom is 0.255 e. The molecule has 1 unspecified atom stereocenters. The maximum atomic E-state index is 12.3. The van der Waals surface area contributed by atoms with Crippen molar-refractivity contribution in [2.75, 3.05) is 23.8 Å². The van der Waals surface area contributed by atoms with Gasteiger partial charge in [0.25, 0.3) is 5.91 Å². The van der Waals surface area contributed by atoms with E-state index in [9.17, 15) is 9.90 Å². The Hall–Kier alpha value is -3.68. The van der Waals surface area contributed by atoms with E-state index >= 15 is 0 Å². The number of hydrogen-bond donors (Lipinski definition) is 5. The van der Waals surface area contributed by atoms with Gasteiger partial charge < -0.3 is 25.8 Å². The van der Waals surface area contributed by atoms with Crippen molar-refractivity contribution in [3.05, 3.63) is 78.4 Å². The lowest BCUT2D eigenvalue weighted by Crippen LogP contribution is -2.22. The van der Waals surface area contributed by atoms with Crippen molar-refractivity contribution >= 4 is 28.3 Å². The Labute approximate surface area is 173 Å². The van der Waals surface area contributed by atoms with E-state index in [1.165, 1.54) is 0 Å². The first-order valence-electron chi connectivity index (χ1n) is 9.62. The number of rotatable bonds is 7. The standard InChI is InChI=1S/C23H22N4O3/c28-14-19(29)13-24-18-10-11-20-21(12-18)27-22(26-20)15-6-8-17(9-7-15)25-23(30)16-4-2-1-3-5-16/h1-12,19,24,28-29H,13-14H2,(H,25,30)(H,26,27). The summed E-state index contributed by atoms with van der Waals surface area (Å²) < 4.78 is 0. The van der Waals surface area contributed by atoms with Gasteiger partial charge >= 0.3 is 0 Å². The highest BCUT2D eigenvalue weighted by Gasteiger charge is 2.09. The van der Waals surface area contributed by atoms with E-state index in [2.05, 4.69) is 20.6 Å². The van der Waals surface area contributed by atoms with Crippen LogP contribution in [0, 0.1) is 0 Å². The normalized spacial score (nSPS) is 11.9.